The van der Waals surface area contributed by atoms with Gasteiger partial charge in [0.05, 0.1) is 27.8 Å². The Hall–Kier alpha value is -8.80. The number of anilines is 6. The van der Waals surface area contributed by atoms with Crippen molar-refractivity contribution in [3.63, 3.8) is 0 Å². The summed E-state index contributed by atoms with van der Waals surface area (Å²) in [6.45, 7) is 0. The zero-order valence-electron chi connectivity index (χ0n) is 35.4. The molecule has 0 amide bonds. The molecule has 306 valence electrons. The molecule has 0 fully saturated rings. The summed E-state index contributed by atoms with van der Waals surface area (Å²) in [5.74, 6) is 0. The number of para-hydroxylation sites is 4. The lowest BCUT2D eigenvalue weighted by molar-refractivity contribution is 1.18. The summed E-state index contributed by atoms with van der Waals surface area (Å²) in [5, 5.41) is 4.50. The van der Waals surface area contributed by atoms with Crippen molar-refractivity contribution in [2.75, 3.05) is 9.80 Å². The summed E-state index contributed by atoms with van der Waals surface area (Å²) in [6, 6.07) is 86.4. The smallest absolute Gasteiger partial charge is 0.0972 e. The van der Waals surface area contributed by atoms with E-state index in [0.29, 0.717) is 0 Å². The van der Waals surface area contributed by atoms with Crippen LogP contribution in [-0.2, 0) is 0 Å². The van der Waals surface area contributed by atoms with E-state index in [-0.39, 0.29) is 0 Å². The van der Waals surface area contributed by atoms with Gasteiger partial charge in [0.25, 0.3) is 0 Å². The predicted octanol–water partition coefficient (Wildman–Crippen LogP) is 16.2. The molecule has 9 aromatic carbocycles. The second kappa shape index (κ2) is 16.2. The van der Waals surface area contributed by atoms with Gasteiger partial charge in [0, 0.05) is 73.1 Å². The molecule has 3 aromatic heterocycles. The average molecular weight is 832 g/mol. The highest BCUT2D eigenvalue weighted by Crippen LogP contribution is 2.43. The van der Waals surface area contributed by atoms with Crippen LogP contribution in [0.2, 0.25) is 0 Å². The Bertz CT molecular complexity index is 3430. The van der Waals surface area contributed by atoms with Crippen molar-refractivity contribution < 1.29 is 0 Å². The van der Waals surface area contributed by atoms with E-state index in [1.54, 1.807) is 0 Å². The number of hydrogen-bond acceptors (Lipinski definition) is 4. The van der Waals surface area contributed by atoms with Crippen molar-refractivity contribution in [2.24, 2.45) is 0 Å². The van der Waals surface area contributed by atoms with E-state index in [1.165, 1.54) is 10.8 Å². The quantitative estimate of drug-likeness (QED) is 0.136. The Balaban J connectivity index is 0.991. The first-order chi connectivity index (χ1) is 32.2. The molecule has 0 spiro atoms. The van der Waals surface area contributed by atoms with Gasteiger partial charge in [0.2, 0.25) is 0 Å². The second-order valence-electron chi connectivity index (χ2n) is 16.3. The first-order valence-electron chi connectivity index (χ1n) is 22.0. The van der Waals surface area contributed by atoms with E-state index in [2.05, 4.69) is 256 Å². The Morgan fingerprint density at radius 2 is 0.815 bits per heavy atom. The lowest BCUT2D eigenvalue weighted by Gasteiger charge is -2.26. The van der Waals surface area contributed by atoms with Gasteiger partial charge in [-0.05, 0) is 126 Å². The minimum Gasteiger partial charge on any atom is -0.310 e. The summed E-state index contributed by atoms with van der Waals surface area (Å²) in [6.07, 6.45) is 1.84. The number of pyridine rings is 2. The molecule has 0 saturated heterocycles. The van der Waals surface area contributed by atoms with Crippen LogP contribution in [0.4, 0.5) is 34.1 Å². The molecule has 0 unspecified atom stereocenters. The molecule has 0 bridgehead atoms. The zero-order valence-corrected chi connectivity index (χ0v) is 35.4. The van der Waals surface area contributed by atoms with Gasteiger partial charge < -0.3 is 14.4 Å². The van der Waals surface area contributed by atoms with Crippen LogP contribution < -0.4 is 9.80 Å². The van der Waals surface area contributed by atoms with Crippen molar-refractivity contribution >= 4 is 77.7 Å². The van der Waals surface area contributed by atoms with Crippen molar-refractivity contribution in [3.8, 4) is 28.1 Å². The van der Waals surface area contributed by atoms with Crippen LogP contribution in [0.25, 0.3) is 71.7 Å². The van der Waals surface area contributed by atoms with Crippen molar-refractivity contribution in [3.05, 3.63) is 249 Å². The summed E-state index contributed by atoms with van der Waals surface area (Å²) >= 11 is 0. The number of rotatable bonds is 9. The monoisotopic (exact) mass is 831 g/mol. The molecule has 5 nitrogen and oxygen atoms in total. The number of benzene rings is 9. The molecule has 0 saturated carbocycles. The van der Waals surface area contributed by atoms with Gasteiger partial charge in [0.1, 0.15) is 0 Å². The summed E-state index contributed by atoms with van der Waals surface area (Å²) < 4.78 is 2.40. The van der Waals surface area contributed by atoms with Gasteiger partial charge >= 0.3 is 0 Å². The van der Waals surface area contributed by atoms with Crippen molar-refractivity contribution in [2.45, 2.75) is 0 Å². The third-order valence-corrected chi connectivity index (χ3v) is 12.4. The molecule has 12 aromatic rings. The second-order valence-corrected chi connectivity index (χ2v) is 16.3. The molecule has 0 aliphatic rings. The Kier molecular flexibility index (Phi) is 9.42. The molecule has 12 rings (SSSR count). The van der Waals surface area contributed by atoms with Gasteiger partial charge in [0.15, 0.2) is 0 Å². The maximum absolute atomic E-state index is 5.14. The molecular formula is C60H41N5. The van der Waals surface area contributed by atoms with Crippen LogP contribution in [0.15, 0.2) is 249 Å². The Labute approximate surface area is 377 Å². The number of fused-ring (bicyclic) bond motifs is 6. The van der Waals surface area contributed by atoms with Gasteiger partial charge in [-0.3, -0.25) is 4.98 Å². The van der Waals surface area contributed by atoms with Crippen LogP contribution in [0, 0.1) is 0 Å². The third kappa shape index (κ3) is 6.93. The van der Waals surface area contributed by atoms with Gasteiger partial charge in [-0.1, -0.05) is 127 Å². The zero-order chi connectivity index (χ0) is 43.1. The minimum absolute atomic E-state index is 0.918. The van der Waals surface area contributed by atoms with Crippen molar-refractivity contribution in [1.82, 2.24) is 14.5 Å². The van der Waals surface area contributed by atoms with E-state index in [1.807, 2.05) is 12.3 Å². The number of nitrogens with zero attached hydrogens (tertiary/aromatic N) is 5. The van der Waals surface area contributed by atoms with Crippen LogP contribution in [-0.4, -0.2) is 14.5 Å². The van der Waals surface area contributed by atoms with Crippen LogP contribution in [0.1, 0.15) is 0 Å². The fourth-order valence-corrected chi connectivity index (χ4v) is 9.30. The molecule has 0 N–H and O–H groups in total. The Morgan fingerprint density at radius 1 is 0.323 bits per heavy atom. The molecule has 65 heavy (non-hydrogen) atoms. The molecule has 0 atom stereocenters. The number of aromatic nitrogens is 3. The van der Waals surface area contributed by atoms with Crippen LogP contribution in [0.3, 0.4) is 0 Å². The lowest BCUT2D eigenvalue weighted by Crippen LogP contribution is -2.09. The molecule has 5 heteroatoms. The SMILES string of the molecule is c1ccc(N(c2ccccc2)c2ccc3c(c2)c2cc(N(c4ccccc4)c4ccccc4)ccc2n3-c2ccc(-c3cccc(-c4ccc5ccc6cccnc6c5n4)c3)cc2)cc1. The first kappa shape index (κ1) is 37.9. The summed E-state index contributed by atoms with van der Waals surface area (Å²) in [7, 11) is 0. The highest BCUT2D eigenvalue weighted by atomic mass is 15.1. The van der Waals surface area contributed by atoms with E-state index >= 15 is 0 Å². The topological polar surface area (TPSA) is 37.2 Å². The van der Waals surface area contributed by atoms with Gasteiger partial charge in [-0.25, -0.2) is 4.98 Å². The third-order valence-electron chi connectivity index (χ3n) is 12.4. The normalized spacial score (nSPS) is 11.4. The maximum Gasteiger partial charge on any atom is 0.0972 e. The average Bonchev–Trinajstić information content (AvgIpc) is 3.71. The molecule has 0 radical (unpaired) electrons. The maximum atomic E-state index is 5.14. The van der Waals surface area contributed by atoms with Crippen molar-refractivity contribution in [1.29, 1.82) is 0 Å². The highest BCUT2D eigenvalue weighted by Gasteiger charge is 2.20. The molecule has 0 aliphatic carbocycles. The molecular weight excluding hydrogens is 791 g/mol. The highest BCUT2D eigenvalue weighted by molar-refractivity contribution is 6.12. The van der Waals surface area contributed by atoms with E-state index in [0.717, 1.165) is 95.0 Å². The number of hydrogen-bond donors (Lipinski definition) is 0. The van der Waals surface area contributed by atoms with E-state index < -0.39 is 0 Å². The van der Waals surface area contributed by atoms with Crippen LogP contribution in [0.5, 0.6) is 0 Å². The van der Waals surface area contributed by atoms with Gasteiger partial charge in [-0.2, -0.15) is 0 Å². The fraction of sp³-hybridized carbons (Fsp3) is 0. The van der Waals surface area contributed by atoms with Gasteiger partial charge in [-0.15, -0.1) is 0 Å². The lowest BCUT2D eigenvalue weighted by atomic mass is 10.0. The Morgan fingerprint density at radius 3 is 1.35 bits per heavy atom. The largest absolute Gasteiger partial charge is 0.310 e. The standard InChI is InChI=1S/C60H41N5/c1-5-18-47(19-6-1)63(48-20-7-2-8-21-48)52-33-36-57-54(40-52)55-41-53(64(49-22-9-3-10-23-49)50-24-11-4-12-25-50)34-37-58(55)65(57)51-31-28-42(29-32-51)45-15-13-16-46(39-45)56-35-30-44-27-26-43-17-14-38-61-59(43)60(44)62-56/h1-41H. The van der Waals surface area contributed by atoms with E-state index in [9.17, 15) is 0 Å². The summed E-state index contributed by atoms with van der Waals surface area (Å²) in [4.78, 5) is 14.5. The first-order valence-corrected chi connectivity index (χ1v) is 22.0. The molecule has 3 heterocycles. The van der Waals surface area contributed by atoms with E-state index in [4.69, 9.17) is 4.98 Å². The predicted molar refractivity (Wildman–Crippen MR) is 272 cm³/mol. The fourth-order valence-electron chi connectivity index (χ4n) is 9.30. The molecule has 0 aliphatic heterocycles. The van der Waals surface area contributed by atoms with Crippen LogP contribution >= 0.6 is 0 Å². The summed E-state index contributed by atoms with van der Waals surface area (Å²) in [5.41, 5.74) is 16.0. The minimum atomic E-state index is 0.918.